The van der Waals surface area contributed by atoms with Crippen molar-refractivity contribution in [1.82, 2.24) is 5.32 Å². The van der Waals surface area contributed by atoms with Crippen LogP contribution in [0.2, 0.25) is 0 Å². The maximum Gasteiger partial charge on any atom is 0.142 e. The third kappa shape index (κ3) is 2.88. The Labute approximate surface area is 122 Å². The molecule has 1 N–H and O–H groups in total. The van der Waals surface area contributed by atoms with E-state index in [1.807, 2.05) is 26.1 Å². The monoisotopic (exact) mass is 321 g/mol. The van der Waals surface area contributed by atoms with Gasteiger partial charge in [0, 0.05) is 5.56 Å². The Bertz CT molecular complexity index is 593. The van der Waals surface area contributed by atoms with E-state index in [4.69, 9.17) is 0 Å². The second-order valence-corrected chi connectivity index (χ2v) is 5.58. The van der Waals surface area contributed by atoms with Gasteiger partial charge < -0.3 is 5.32 Å². The summed E-state index contributed by atoms with van der Waals surface area (Å²) in [6.07, 6.45) is 0. The van der Waals surface area contributed by atoms with Gasteiger partial charge in [0.1, 0.15) is 5.82 Å². The summed E-state index contributed by atoms with van der Waals surface area (Å²) in [6.45, 7) is 4.10. The number of hydrogen-bond acceptors (Lipinski definition) is 1. The quantitative estimate of drug-likeness (QED) is 0.876. The fourth-order valence-electron chi connectivity index (χ4n) is 2.29. The lowest BCUT2D eigenvalue weighted by Crippen LogP contribution is -2.20. The molecule has 1 unspecified atom stereocenters. The average Bonchev–Trinajstić information content (AvgIpc) is 2.39. The molecule has 0 aliphatic carbocycles. The summed E-state index contributed by atoms with van der Waals surface area (Å²) in [5, 5.41) is 3.21. The standard InChI is InChI=1S/C16H17BrFN/c1-10-7-8-11(2)13(9-10)16(19-3)12-5-4-6-14(17)15(12)18/h4-9,16,19H,1-3H3. The van der Waals surface area contributed by atoms with Gasteiger partial charge in [-0.05, 0) is 54.0 Å². The molecule has 3 heteroatoms. The van der Waals surface area contributed by atoms with Gasteiger partial charge in [0.2, 0.25) is 0 Å². The predicted octanol–water partition coefficient (Wildman–Crippen LogP) is 4.51. The van der Waals surface area contributed by atoms with E-state index in [2.05, 4.69) is 46.4 Å². The van der Waals surface area contributed by atoms with Gasteiger partial charge in [-0.3, -0.25) is 0 Å². The summed E-state index contributed by atoms with van der Waals surface area (Å²) < 4.78 is 14.8. The van der Waals surface area contributed by atoms with Crippen LogP contribution in [0.25, 0.3) is 0 Å². The molecular formula is C16H17BrFN. The van der Waals surface area contributed by atoms with Crippen LogP contribution in [0, 0.1) is 19.7 Å². The van der Waals surface area contributed by atoms with E-state index >= 15 is 0 Å². The first kappa shape index (κ1) is 14.2. The van der Waals surface area contributed by atoms with E-state index in [1.54, 1.807) is 6.07 Å². The molecule has 1 atom stereocenters. The molecule has 2 aromatic rings. The average molecular weight is 322 g/mol. The van der Waals surface area contributed by atoms with Crippen LogP contribution in [0.1, 0.15) is 28.3 Å². The Morgan fingerprint density at radius 2 is 1.84 bits per heavy atom. The topological polar surface area (TPSA) is 12.0 Å². The molecule has 0 amide bonds. The highest BCUT2D eigenvalue weighted by Gasteiger charge is 2.19. The summed E-state index contributed by atoms with van der Waals surface area (Å²) in [5.74, 6) is -0.206. The molecule has 1 nitrogen and oxygen atoms in total. The van der Waals surface area contributed by atoms with Crippen molar-refractivity contribution >= 4 is 15.9 Å². The largest absolute Gasteiger partial charge is 0.309 e. The minimum absolute atomic E-state index is 0.141. The van der Waals surface area contributed by atoms with Gasteiger partial charge in [0.15, 0.2) is 0 Å². The Morgan fingerprint density at radius 3 is 2.53 bits per heavy atom. The summed E-state index contributed by atoms with van der Waals surface area (Å²) in [5.41, 5.74) is 4.10. The van der Waals surface area contributed by atoms with Gasteiger partial charge in [0.05, 0.1) is 10.5 Å². The smallest absolute Gasteiger partial charge is 0.142 e. The summed E-state index contributed by atoms with van der Waals surface area (Å²) in [6, 6.07) is 11.5. The van der Waals surface area contributed by atoms with Crippen LogP contribution in [0.15, 0.2) is 40.9 Å². The van der Waals surface area contributed by atoms with Crippen molar-refractivity contribution in [3.8, 4) is 0 Å². The van der Waals surface area contributed by atoms with E-state index in [9.17, 15) is 4.39 Å². The Kier molecular flexibility index (Phi) is 4.38. The normalized spacial score (nSPS) is 12.5. The van der Waals surface area contributed by atoms with Gasteiger partial charge in [-0.2, -0.15) is 0 Å². The second-order valence-electron chi connectivity index (χ2n) is 4.72. The second kappa shape index (κ2) is 5.85. The number of rotatable bonds is 3. The lowest BCUT2D eigenvalue weighted by Gasteiger charge is -2.21. The van der Waals surface area contributed by atoms with Gasteiger partial charge >= 0.3 is 0 Å². The molecule has 0 spiro atoms. The molecule has 2 rings (SSSR count). The molecule has 2 aromatic carbocycles. The van der Waals surface area contributed by atoms with Crippen LogP contribution >= 0.6 is 15.9 Å². The van der Waals surface area contributed by atoms with E-state index in [0.29, 0.717) is 10.0 Å². The zero-order valence-electron chi connectivity index (χ0n) is 11.3. The van der Waals surface area contributed by atoms with Crippen molar-refractivity contribution in [1.29, 1.82) is 0 Å². The Morgan fingerprint density at radius 1 is 1.11 bits per heavy atom. The highest BCUT2D eigenvalue weighted by molar-refractivity contribution is 9.10. The van der Waals surface area contributed by atoms with Crippen LogP contribution in [-0.4, -0.2) is 7.05 Å². The third-order valence-corrected chi connectivity index (χ3v) is 3.94. The van der Waals surface area contributed by atoms with E-state index in [1.165, 1.54) is 5.56 Å². The molecular weight excluding hydrogens is 305 g/mol. The third-order valence-electron chi connectivity index (χ3n) is 3.33. The fourth-order valence-corrected chi connectivity index (χ4v) is 2.67. The lowest BCUT2D eigenvalue weighted by molar-refractivity contribution is 0.570. The first-order valence-corrected chi connectivity index (χ1v) is 7.02. The highest BCUT2D eigenvalue weighted by Crippen LogP contribution is 2.30. The molecule has 0 bridgehead atoms. The minimum Gasteiger partial charge on any atom is -0.309 e. The molecule has 0 aliphatic heterocycles. The number of halogens is 2. The summed E-state index contributed by atoms with van der Waals surface area (Å²) in [4.78, 5) is 0. The molecule has 0 aromatic heterocycles. The van der Waals surface area contributed by atoms with Gasteiger partial charge in [-0.25, -0.2) is 4.39 Å². The minimum atomic E-state index is -0.206. The van der Waals surface area contributed by atoms with Gasteiger partial charge in [0.25, 0.3) is 0 Å². The highest BCUT2D eigenvalue weighted by atomic mass is 79.9. The van der Waals surface area contributed by atoms with Crippen molar-refractivity contribution in [3.63, 3.8) is 0 Å². The van der Waals surface area contributed by atoms with E-state index in [0.717, 1.165) is 11.1 Å². The van der Waals surface area contributed by atoms with E-state index < -0.39 is 0 Å². The van der Waals surface area contributed by atoms with Gasteiger partial charge in [-0.15, -0.1) is 0 Å². The van der Waals surface area contributed by atoms with Crippen molar-refractivity contribution in [2.45, 2.75) is 19.9 Å². The van der Waals surface area contributed by atoms with Crippen LogP contribution < -0.4 is 5.32 Å². The van der Waals surface area contributed by atoms with E-state index in [-0.39, 0.29) is 11.9 Å². The molecule has 19 heavy (non-hydrogen) atoms. The maximum absolute atomic E-state index is 14.3. The number of nitrogens with one attached hydrogen (secondary N) is 1. The number of aryl methyl sites for hydroxylation is 2. The molecule has 0 saturated heterocycles. The molecule has 0 heterocycles. The number of benzene rings is 2. The first-order valence-electron chi connectivity index (χ1n) is 6.23. The predicted molar refractivity (Wildman–Crippen MR) is 80.9 cm³/mol. The zero-order chi connectivity index (χ0) is 14.0. The molecule has 0 aliphatic rings. The SMILES string of the molecule is CNC(c1cc(C)ccc1C)c1cccc(Br)c1F. The maximum atomic E-state index is 14.3. The fraction of sp³-hybridized carbons (Fsp3) is 0.250. The molecule has 100 valence electrons. The molecule has 0 radical (unpaired) electrons. The zero-order valence-corrected chi connectivity index (χ0v) is 12.9. The molecule has 0 saturated carbocycles. The number of hydrogen-bond donors (Lipinski definition) is 1. The van der Waals surface area contributed by atoms with Crippen molar-refractivity contribution in [2.75, 3.05) is 7.05 Å². The van der Waals surface area contributed by atoms with Gasteiger partial charge in [-0.1, -0.05) is 35.9 Å². The van der Waals surface area contributed by atoms with Crippen LogP contribution in [0.4, 0.5) is 4.39 Å². The summed E-state index contributed by atoms with van der Waals surface area (Å²) >= 11 is 3.25. The van der Waals surface area contributed by atoms with Crippen LogP contribution in [-0.2, 0) is 0 Å². The summed E-state index contributed by atoms with van der Waals surface area (Å²) in [7, 11) is 1.85. The first-order chi connectivity index (χ1) is 9.04. The van der Waals surface area contributed by atoms with Crippen molar-refractivity contribution in [2.24, 2.45) is 0 Å². The Hall–Kier alpha value is -1.19. The van der Waals surface area contributed by atoms with Crippen LogP contribution in [0.3, 0.4) is 0 Å². The lowest BCUT2D eigenvalue weighted by atomic mass is 9.93. The molecule has 0 fully saturated rings. The van der Waals surface area contributed by atoms with Crippen molar-refractivity contribution < 1.29 is 4.39 Å². The van der Waals surface area contributed by atoms with Crippen molar-refractivity contribution in [3.05, 3.63) is 68.9 Å². The Balaban J connectivity index is 2.56. The van der Waals surface area contributed by atoms with Crippen LogP contribution in [0.5, 0.6) is 0 Å².